The van der Waals surface area contributed by atoms with Crippen LogP contribution in [0.3, 0.4) is 0 Å². The number of carbonyl (C=O) groups excluding carboxylic acids is 1. The Bertz CT molecular complexity index is 441. The van der Waals surface area contributed by atoms with Crippen molar-refractivity contribution in [1.29, 1.82) is 0 Å². The summed E-state index contributed by atoms with van der Waals surface area (Å²) in [6.07, 6.45) is -2.57. The van der Waals surface area contributed by atoms with Crippen molar-refractivity contribution in [3.8, 4) is 0 Å². The Morgan fingerprint density at radius 2 is 2.06 bits per heavy atom. The van der Waals surface area contributed by atoms with Crippen LogP contribution < -0.4 is 10.6 Å². The molecule has 0 atom stereocenters. The van der Waals surface area contributed by atoms with Crippen LogP contribution in [0.25, 0.3) is 0 Å². The van der Waals surface area contributed by atoms with E-state index in [0.717, 1.165) is 18.4 Å². The number of rotatable bonds is 4. The molecule has 0 saturated heterocycles. The zero-order valence-corrected chi connectivity index (χ0v) is 9.55. The van der Waals surface area contributed by atoms with Gasteiger partial charge in [0.1, 0.15) is 0 Å². The number of carbonyl (C=O) groups is 1. The monoisotopic (exact) mass is 258 g/mol. The summed E-state index contributed by atoms with van der Waals surface area (Å²) in [5, 5.41) is 5.08. The molecule has 18 heavy (non-hydrogen) atoms. The van der Waals surface area contributed by atoms with Crippen molar-refractivity contribution in [2.45, 2.75) is 31.6 Å². The van der Waals surface area contributed by atoms with E-state index >= 15 is 0 Å². The molecule has 1 fully saturated rings. The van der Waals surface area contributed by atoms with Crippen LogP contribution in [0.2, 0.25) is 0 Å². The number of amides is 1. The van der Waals surface area contributed by atoms with E-state index in [0.29, 0.717) is 12.6 Å². The molecular formula is C12H13F3N2O. The molecule has 6 heteroatoms. The lowest BCUT2D eigenvalue weighted by molar-refractivity contribution is -0.167. The van der Waals surface area contributed by atoms with Crippen molar-refractivity contribution < 1.29 is 18.0 Å². The molecule has 1 aromatic rings. The van der Waals surface area contributed by atoms with E-state index in [2.05, 4.69) is 5.32 Å². The van der Waals surface area contributed by atoms with Gasteiger partial charge in [0.25, 0.3) is 0 Å². The number of alkyl halides is 3. The number of halogens is 3. The highest BCUT2D eigenvalue weighted by Crippen LogP contribution is 2.21. The third kappa shape index (κ3) is 3.73. The van der Waals surface area contributed by atoms with Crippen LogP contribution in [-0.2, 0) is 11.3 Å². The molecule has 0 radical (unpaired) electrons. The predicted octanol–water partition coefficient (Wildman–Crippen LogP) is 2.44. The summed E-state index contributed by atoms with van der Waals surface area (Å²) < 4.78 is 36.2. The summed E-state index contributed by atoms with van der Waals surface area (Å²) in [5.74, 6) is -1.95. The first-order valence-corrected chi connectivity index (χ1v) is 5.65. The van der Waals surface area contributed by atoms with Crippen LogP contribution in [0.1, 0.15) is 18.4 Å². The molecule has 0 aromatic heterocycles. The Kier molecular flexibility index (Phi) is 3.56. The fourth-order valence-electron chi connectivity index (χ4n) is 1.51. The zero-order valence-electron chi connectivity index (χ0n) is 9.55. The summed E-state index contributed by atoms with van der Waals surface area (Å²) in [6.45, 7) is 0.598. The number of anilines is 1. The third-order valence-electron chi connectivity index (χ3n) is 2.61. The molecule has 1 aliphatic rings. The molecule has 1 aromatic carbocycles. The van der Waals surface area contributed by atoms with Crippen LogP contribution in [0.5, 0.6) is 0 Å². The Hall–Kier alpha value is -1.56. The number of nitrogens with one attached hydrogen (secondary N) is 2. The van der Waals surface area contributed by atoms with Crippen molar-refractivity contribution in [3.05, 3.63) is 29.8 Å². The van der Waals surface area contributed by atoms with E-state index in [-0.39, 0.29) is 5.69 Å². The maximum atomic E-state index is 12.1. The summed E-state index contributed by atoms with van der Waals surface area (Å²) in [4.78, 5) is 10.8. The topological polar surface area (TPSA) is 41.1 Å². The van der Waals surface area contributed by atoms with E-state index in [1.54, 1.807) is 18.2 Å². The minimum Gasteiger partial charge on any atom is -0.318 e. The second kappa shape index (κ2) is 4.97. The maximum absolute atomic E-state index is 12.1. The van der Waals surface area contributed by atoms with Gasteiger partial charge in [-0.25, -0.2) is 0 Å². The molecule has 0 bridgehead atoms. The Morgan fingerprint density at radius 1 is 1.33 bits per heavy atom. The number of benzene rings is 1. The van der Waals surface area contributed by atoms with Gasteiger partial charge in [-0.15, -0.1) is 0 Å². The molecule has 1 amide bonds. The molecule has 0 aliphatic heterocycles. The summed E-state index contributed by atoms with van der Waals surface area (Å²) in [6, 6.07) is 6.93. The normalized spacial score (nSPS) is 15.5. The van der Waals surface area contributed by atoms with E-state index in [1.165, 1.54) is 6.07 Å². The maximum Gasteiger partial charge on any atom is 0.471 e. The summed E-state index contributed by atoms with van der Waals surface area (Å²) >= 11 is 0. The molecule has 98 valence electrons. The fraction of sp³-hybridized carbons (Fsp3) is 0.417. The van der Waals surface area contributed by atoms with Gasteiger partial charge in [-0.3, -0.25) is 4.79 Å². The van der Waals surface area contributed by atoms with Crippen LogP contribution in [0, 0.1) is 0 Å². The van der Waals surface area contributed by atoms with Gasteiger partial charge in [0.2, 0.25) is 0 Å². The number of hydrogen-bond acceptors (Lipinski definition) is 2. The molecule has 1 saturated carbocycles. The SMILES string of the molecule is O=C(Nc1cccc(CNC2CC2)c1)C(F)(F)F. The average molecular weight is 258 g/mol. The third-order valence-corrected chi connectivity index (χ3v) is 2.61. The first-order chi connectivity index (χ1) is 8.45. The van der Waals surface area contributed by atoms with Crippen molar-refractivity contribution >= 4 is 11.6 Å². The molecule has 0 heterocycles. The van der Waals surface area contributed by atoms with E-state index in [1.807, 2.05) is 5.32 Å². The molecule has 1 aliphatic carbocycles. The van der Waals surface area contributed by atoms with Crippen molar-refractivity contribution in [2.24, 2.45) is 0 Å². The second-order valence-electron chi connectivity index (χ2n) is 4.31. The van der Waals surface area contributed by atoms with E-state index in [4.69, 9.17) is 0 Å². The molecular weight excluding hydrogens is 245 g/mol. The second-order valence-corrected chi connectivity index (χ2v) is 4.31. The lowest BCUT2D eigenvalue weighted by Gasteiger charge is -2.09. The molecule has 0 spiro atoms. The van der Waals surface area contributed by atoms with Gasteiger partial charge in [-0.05, 0) is 30.5 Å². The van der Waals surface area contributed by atoms with E-state index < -0.39 is 12.1 Å². The standard InChI is InChI=1S/C12H13F3N2O/c13-12(14,15)11(18)17-10-3-1-2-8(6-10)7-16-9-4-5-9/h1-3,6,9,16H,4-5,7H2,(H,17,18). The Morgan fingerprint density at radius 3 is 2.67 bits per heavy atom. The average Bonchev–Trinajstić information content (AvgIpc) is 3.09. The molecule has 3 nitrogen and oxygen atoms in total. The summed E-state index contributed by atoms with van der Waals surface area (Å²) in [5.41, 5.74) is 1.01. The first-order valence-electron chi connectivity index (χ1n) is 5.65. The van der Waals surface area contributed by atoms with Gasteiger partial charge in [-0.1, -0.05) is 12.1 Å². The van der Waals surface area contributed by atoms with Crippen LogP contribution in [-0.4, -0.2) is 18.1 Å². The Balaban J connectivity index is 1.95. The van der Waals surface area contributed by atoms with Crippen molar-refractivity contribution in [3.63, 3.8) is 0 Å². The highest BCUT2D eigenvalue weighted by Gasteiger charge is 2.38. The first kappa shape index (κ1) is 12.9. The van der Waals surface area contributed by atoms with Crippen LogP contribution in [0.15, 0.2) is 24.3 Å². The van der Waals surface area contributed by atoms with Crippen molar-refractivity contribution in [2.75, 3.05) is 5.32 Å². The highest BCUT2D eigenvalue weighted by molar-refractivity contribution is 5.94. The molecule has 2 rings (SSSR count). The van der Waals surface area contributed by atoms with Gasteiger partial charge in [0.05, 0.1) is 0 Å². The van der Waals surface area contributed by atoms with Crippen molar-refractivity contribution in [1.82, 2.24) is 5.32 Å². The quantitative estimate of drug-likeness (QED) is 0.871. The van der Waals surface area contributed by atoms with Crippen LogP contribution in [0.4, 0.5) is 18.9 Å². The van der Waals surface area contributed by atoms with Gasteiger partial charge in [0.15, 0.2) is 0 Å². The minimum absolute atomic E-state index is 0.160. The number of hydrogen-bond donors (Lipinski definition) is 2. The fourth-order valence-corrected chi connectivity index (χ4v) is 1.51. The molecule has 2 N–H and O–H groups in total. The lowest BCUT2D eigenvalue weighted by atomic mass is 10.2. The largest absolute Gasteiger partial charge is 0.471 e. The summed E-state index contributed by atoms with van der Waals surface area (Å²) in [7, 11) is 0. The smallest absolute Gasteiger partial charge is 0.318 e. The predicted molar refractivity (Wildman–Crippen MR) is 61.0 cm³/mol. The van der Waals surface area contributed by atoms with E-state index in [9.17, 15) is 18.0 Å². The highest BCUT2D eigenvalue weighted by atomic mass is 19.4. The van der Waals surface area contributed by atoms with Gasteiger partial charge >= 0.3 is 12.1 Å². The van der Waals surface area contributed by atoms with Gasteiger partial charge < -0.3 is 10.6 Å². The van der Waals surface area contributed by atoms with Gasteiger partial charge in [0, 0.05) is 18.3 Å². The Labute approximate surface area is 102 Å². The molecule has 0 unspecified atom stereocenters. The zero-order chi connectivity index (χ0) is 13.2. The van der Waals surface area contributed by atoms with Gasteiger partial charge in [-0.2, -0.15) is 13.2 Å². The minimum atomic E-state index is -4.86. The lowest BCUT2D eigenvalue weighted by Crippen LogP contribution is -2.30. The van der Waals surface area contributed by atoms with Crippen LogP contribution >= 0.6 is 0 Å².